The number of benzene rings is 1. The van der Waals surface area contributed by atoms with Crippen molar-refractivity contribution < 1.29 is 9.59 Å². The van der Waals surface area contributed by atoms with Gasteiger partial charge in [-0.2, -0.15) is 0 Å². The number of carbonyl (C=O) groups excluding carboxylic acids is 2. The lowest BCUT2D eigenvalue weighted by molar-refractivity contribution is -0.129. The van der Waals surface area contributed by atoms with Crippen LogP contribution >= 0.6 is 0 Å². The van der Waals surface area contributed by atoms with E-state index in [4.69, 9.17) is 0 Å². The predicted molar refractivity (Wildman–Crippen MR) is 80.3 cm³/mol. The van der Waals surface area contributed by atoms with E-state index in [1.165, 1.54) is 5.56 Å². The smallest absolute Gasteiger partial charge is 0.229 e. The Morgan fingerprint density at radius 3 is 2.25 bits per heavy atom. The summed E-state index contributed by atoms with van der Waals surface area (Å²) < 4.78 is 0. The van der Waals surface area contributed by atoms with E-state index >= 15 is 0 Å². The van der Waals surface area contributed by atoms with Crippen LogP contribution in [0.4, 0.5) is 0 Å². The van der Waals surface area contributed by atoms with Gasteiger partial charge in [-0.25, -0.2) is 0 Å². The summed E-state index contributed by atoms with van der Waals surface area (Å²) in [6.45, 7) is 3.33. The molecule has 110 valence electrons. The number of carbonyl (C=O) groups is 2. The second-order valence-corrected chi connectivity index (χ2v) is 4.82. The molecule has 0 saturated carbocycles. The molecule has 1 rings (SSSR count). The zero-order chi connectivity index (χ0) is 14.6. The molecule has 0 aliphatic rings. The minimum absolute atomic E-state index is 0.0824. The van der Waals surface area contributed by atoms with Gasteiger partial charge in [0, 0.05) is 13.1 Å². The maximum Gasteiger partial charge on any atom is 0.229 e. The van der Waals surface area contributed by atoms with Crippen molar-refractivity contribution in [3.05, 3.63) is 35.9 Å². The summed E-state index contributed by atoms with van der Waals surface area (Å²) in [4.78, 5) is 23.0. The fourth-order valence-electron chi connectivity index (χ4n) is 1.86. The lowest BCUT2D eigenvalue weighted by Gasteiger charge is -2.06. The molecule has 0 spiro atoms. The average molecular weight is 276 g/mol. The van der Waals surface area contributed by atoms with Crippen molar-refractivity contribution >= 4 is 11.8 Å². The molecule has 2 amide bonds. The Bertz CT molecular complexity index is 404. The summed E-state index contributed by atoms with van der Waals surface area (Å²) in [7, 11) is 0. The highest BCUT2D eigenvalue weighted by molar-refractivity contribution is 5.96. The topological polar surface area (TPSA) is 58.2 Å². The van der Waals surface area contributed by atoms with Crippen LogP contribution in [0, 0.1) is 0 Å². The van der Waals surface area contributed by atoms with Crippen LogP contribution in [0.5, 0.6) is 0 Å². The highest BCUT2D eigenvalue weighted by Crippen LogP contribution is 1.98. The Morgan fingerprint density at radius 2 is 1.60 bits per heavy atom. The lowest BCUT2D eigenvalue weighted by atomic mass is 10.1. The normalized spacial score (nSPS) is 10.1. The van der Waals surface area contributed by atoms with Crippen LogP contribution in [0.2, 0.25) is 0 Å². The molecule has 0 bridgehead atoms. The van der Waals surface area contributed by atoms with Gasteiger partial charge >= 0.3 is 0 Å². The van der Waals surface area contributed by atoms with Crippen LogP contribution in [-0.2, 0) is 16.0 Å². The van der Waals surface area contributed by atoms with Gasteiger partial charge in [0.1, 0.15) is 6.42 Å². The predicted octanol–water partition coefficient (Wildman–Crippen LogP) is 2.04. The van der Waals surface area contributed by atoms with E-state index in [9.17, 15) is 9.59 Å². The summed E-state index contributed by atoms with van der Waals surface area (Å²) in [6, 6.07) is 9.95. The molecular formula is C16H24N2O2. The van der Waals surface area contributed by atoms with Crippen molar-refractivity contribution in [1.82, 2.24) is 10.6 Å². The SMILES string of the molecule is CCCCCNC(=O)CC(=O)NCCc1ccccc1. The van der Waals surface area contributed by atoms with Crippen LogP contribution in [0.15, 0.2) is 30.3 Å². The fraction of sp³-hybridized carbons (Fsp3) is 0.500. The van der Waals surface area contributed by atoms with Crippen LogP contribution in [0.25, 0.3) is 0 Å². The maximum atomic E-state index is 11.6. The summed E-state index contributed by atoms with van der Waals surface area (Å²) >= 11 is 0. The molecule has 20 heavy (non-hydrogen) atoms. The summed E-state index contributed by atoms with van der Waals surface area (Å²) in [5, 5.41) is 5.52. The minimum atomic E-state index is -0.214. The molecule has 0 saturated heterocycles. The van der Waals surface area contributed by atoms with E-state index in [1.807, 2.05) is 30.3 Å². The highest BCUT2D eigenvalue weighted by atomic mass is 16.2. The Kier molecular flexibility index (Phi) is 8.11. The molecule has 1 aromatic carbocycles. The van der Waals surface area contributed by atoms with Gasteiger partial charge in [0.15, 0.2) is 0 Å². The third-order valence-electron chi connectivity index (χ3n) is 3.00. The van der Waals surface area contributed by atoms with Crippen LogP contribution in [0.3, 0.4) is 0 Å². The van der Waals surface area contributed by atoms with Crippen LogP contribution in [-0.4, -0.2) is 24.9 Å². The van der Waals surface area contributed by atoms with Crippen LogP contribution < -0.4 is 10.6 Å². The zero-order valence-corrected chi connectivity index (χ0v) is 12.2. The van der Waals surface area contributed by atoms with Gasteiger partial charge in [-0.05, 0) is 18.4 Å². The van der Waals surface area contributed by atoms with Gasteiger partial charge < -0.3 is 10.6 Å². The second-order valence-electron chi connectivity index (χ2n) is 4.82. The van der Waals surface area contributed by atoms with E-state index in [1.54, 1.807) is 0 Å². The van der Waals surface area contributed by atoms with E-state index in [0.29, 0.717) is 13.1 Å². The number of nitrogens with one attached hydrogen (secondary N) is 2. The fourth-order valence-corrected chi connectivity index (χ4v) is 1.86. The van der Waals surface area contributed by atoms with Gasteiger partial charge in [-0.15, -0.1) is 0 Å². The van der Waals surface area contributed by atoms with E-state index < -0.39 is 0 Å². The number of unbranched alkanes of at least 4 members (excludes halogenated alkanes) is 2. The minimum Gasteiger partial charge on any atom is -0.356 e. The third-order valence-corrected chi connectivity index (χ3v) is 3.00. The van der Waals surface area contributed by atoms with Crippen molar-refractivity contribution in [2.24, 2.45) is 0 Å². The van der Waals surface area contributed by atoms with Crippen molar-refractivity contribution in [3.8, 4) is 0 Å². The first-order valence-electron chi connectivity index (χ1n) is 7.29. The molecular weight excluding hydrogens is 252 g/mol. The molecule has 0 radical (unpaired) electrons. The first kappa shape index (κ1) is 16.2. The second kappa shape index (κ2) is 10.0. The zero-order valence-electron chi connectivity index (χ0n) is 12.2. The molecule has 0 heterocycles. The molecule has 0 aliphatic heterocycles. The molecule has 0 aliphatic carbocycles. The Labute approximate surface area is 121 Å². The van der Waals surface area contributed by atoms with Gasteiger partial charge in [0.25, 0.3) is 0 Å². The number of amides is 2. The van der Waals surface area contributed by atoms with Crippen molar-refractivity contribution in [2.45, 2.75) is 39.0 Å². The van der Waals surface area contributed by atoms with E-state index in [0.717, 1.165) is 25.7 Å². The van der Waals surface area contributed by atoms with Gasteiger partial charge in [0.05, 0.1) is 0 Å². The first-order valence-corrected chi connectivity index (χ1v) is 7.29. The highest BCUT2D eigenvalue weighted by Gasteiger charge is 2.07. The van der Waals surface area contributed by atoms with Gasteiger partial charge in [-0.1, -0.05) is 50.1 Å². The Balaban J connectivity index is 2.09. The molecule has 0 unspecified atom stereocenters. The first-order chi connectivity index (χ1) is 9.72. The molecule has 0 atom stereocenters. The Hall–Kier alpha value is -1.84. The lowest BCUT2D eigenvalue weighted by Crippen LogP contribution is -2.33. The van der Waals surface area contributed by atoms with Gasteiger partial charge in [0.2, 0.25) is 11.8 Å². The van der Waals surface area contributed by atoms with Gasteiger partial charge in [-0.3, -0.25) is 9.59 Å². The summed E-state index contributed by atoms with van der Waals surface area (Å²) in [6.07, 6.45) is 3.89. The number of rotatable bonds is 9. The summed E-state index contributed by atoms with van der Waals surface area (Å²) in [5.74, 6) is -0.410. The van der Waals surface area contributed by atoms with Crippen molar-refractivity contribution in [1.29, 1.82) is 0 Å². The van der Waals surface area contributed by atoms with Crippen molar-refractivity contribution in [2.75, 3.05) is 13.1 Å². The third kappa shape index (κ3) is 7.56. The standard InChI is InChI=1S/C16H24N2O2/c1-2-3-7-11-17-15(19)13-16(20)18-12-10-14-8-5-4-6-9-14/h4-6,8-9H,2-3,7,10-13H2,1H3,(H,17,19)(H,18,20). The van der Waals surface area contributed by atoms with Crippen molar-refractivity contribution in [3.63, 3.8) is 0 Å². The van der Waals surface area contributed by atoms with Crippen LogP contribution in [0.1, 0.15) is 38.2 Å². The molecule has 4 nitrogen and oxygen atoms in total. The average Bonchev–Trinajstić information content (AvgIpc) is 2.45. The molecule has 0 fully saturated rings. The Morgan fingerprint density at radius 1 is 0.950 bits per heavy atom. The maximum absolute atomic E-state index is 11.6. The molecule has 0 aromatic heterocycles. The van der Waals surface area contributed by atoms with E-state index in [2.05, 4.69) is 17.6 Å². The quantitative estimate of drug-likeness (QED) is 0.535. The summed E-state index contributed by atoms with van der Waals surface area (Å²) in [5.41, 5.74) is 1.18. The molecule has 4 heteroatoms. The number of hydrogen-bond donors (Lipinski definition) is 2. The monoisotopic (exact) mass is 276 g/mol. The van der Waals surface area contributed by atoms with E-state index in [-0.39, 0.29) is 18.2 Å². The molecule has 2 N–H and O–H groups in total. The largest absolute Gasteiger partial charge is 0.356 e. The number of hydrogen-bond acceptors (Lipinski definition) is 2. The molecule has 1 aromatic rings.